The average molecular weight is 660 g/mol. The van der Waals surface area contributed by atoms with Gasteiger partial charge in [0, 0.05) is 57.3 Å². The van der Waals surface area contributed by atoms with Crippen LogP contribution in [0.15, 0.2) is 0 Å². The summed E-state index contributed by atoms with van der Waals surface area (Å²) in [7, 11) is 4.05. The highest BCUT2D eigenvalue weighted by molar-refractivity contribution is 8.76. The van der Waals surface area contributed by atoms with Crippen molar-refractivity contribution >= 4 is 21.6 Å². The van der Waals surface area contributed by atoms with Crippen LogP contribution in [0.4, 0.5) is 0 Å². The Bertz CT molecular complexity index is 569. The third-order valence-electron chi connectivity index (χ3n) is 9.21. The van der Waals surface area contributed by atoms with Gasteiger partial charge in [0.05, 0.1) is 12.2 Å². The molecule has 0 aliphatic carbocycles. The lowest BCUT2D eigenvalue weighted by atomic mass is 10.0. The molecule has 0 saturated carbocycles. The van der Waals surface area contributed by atoms with Gasteiger partial charge in [0.2, 0.25) is 0 Å². The Labute approximate surface area is 283 Å². The van der Waals surface area contributed by atoms with Crippen molar-refractivity contribution in [2.75, 3.05) is 63.9 Å². The summed E-state index contributed by atoms with van der Waals surface area (Å²) in [5.74, 6) is 2.41. The summed E-state index contributed by atoms with van der Waals surface area (Å²) in [4.78, 5) is 4.95. The Kier molecular flexibility index (Phi) is 32.3. The Morgan fingerprint density at radius 1 is 0.568 bits per heavy atom. The van der Waals surface area contributed by atoms with E-state index in [1.54, 1.807) is 0 Å². The predicted octanol–water partition coefficient (Wildman–Crippen LogP) is 9.31. The van der Waals surface area contributed by atoms with Crippen molar-refractivity contribution in [2.45, 2.75) is 174 Å². The highest BCUT2D eigenvalue weighted by Crippen LogP contribution is 2.23. The van der Waals surface area contributed by atoms with Crippen molar-refractivity contribution in [1.82, 2.24) is 15.1 Å². The number of piperazine rings is 1. The number of rotatable bonds is 34. The van der Waals surface area contributed by atoms with Gasteiger partial charge in [0.15, 0.2) is 0 Å². The Balaban J connectivity index is 2.22. The molecule has 1 heterocycles. The van der Waals surface area contributed by atoms with Gasteiger partial charge < -0.3 is 15.5 Å². The summed E-state index contributed by atoms with van der Waals surface area (Å²) in [5.41, 5.74) is 0. The molecule has 2 unspecified atom stereocenters. The summed E-state index contributed by atoms with van der Waals surface area (Å²) in [6, 6.07) is 0. The second-order valence-corrected chi connectivity index (χ2v) is 16.3. The zero-order chi connectivity index (χ0) is 31.8. The molecule has 1 aliphatic rings. The highest BCUT2D eigenvalue weighted by atomic mass is 33.1. The molecule has 264 valence electrons. The first-order chi connectivity index (χ1) is 21.7. The van der Waals surface area contributed by atoms with E-state index in [1.807, 2.05) is 21.6 Å². The molecule has 3 N–H and O–H groups in total. The van der Waals surface area contributed by atoms with E-state index in [4.69, 9.17) is 0 Å². The van der Waals surface area contributed by atoms with Crippen molar-refractivity contribution in [3.63, 3.8) is 0 Å². The molecule has 0 aromatic rings. The molecule has 0 spiro atoms. The Morgan fingerprint density at radius 2 is 1.00 bits per heavy atom. The van der Waals surface area contributed by atoms with Gasteiger partial charge >= 0.3 is 0 Å². The number of hydrogen-bond donors (Lipinski definition) is 3. The Morgan fingerprint density at radius 3 is 1.48 bits per heavy atom. The van der Waals surface area contributed by atoms with E-state index in [1.165, 1.54) is 147 Å². The maximum Gasteiger partial charge on any atom is 0.0667 e. The second kappa shape index (κ2) is 33.4. The number of nitrogens with one attached hydrogen (secondary N) is 1. The smallest absolute Gasteiger partial charge is 0.0667 e. The van der Waals surface area contributed by atoms with Crippen LogP contribution in [0.25, 0.3) is 0 Å². The molecule has 0 radical (unpaired) electrons. The third kappa shape index (κ3) is 28.7. The van der Waals surface area contributed by atoms with E-state index < -0.39 is 0 Å². The van der Waals surface area contributed by atoms with Crippen LogP contribution in [0, 0.1) is 0 Å². The van der Waals surface area contributed by atoms with Gasteiger partial charge in [-0.25, -0.2) is 0 Å². The normalized spacial score (nSPS) is 15.8. The molecule has 0 aromatic heterocycles. The van der Waals surface area contributed by atoms with Gasteiger partial charge in [-0.15, -0.1) is 0 Å². The van der Waals surface area contributed by atoms with Gasteiger partial charge in [-0.1, -0.05) is 157 Å². The topological polar surface area (TPSA) is 59.0 Å². The molecule has 1 saturated heterocycles. The fourth-order valence-electron chi connectivity index (χ4n) is 6.31. The summed E-state index contributed by atoms with van der Waals surface area (Å²) < 4.78 is 0. The molecule has 0 amide bonds. The monoisotopic (exact) mass is 660 g/mol. The van der Waals surface area contributed by atoms with Gasteiger partial charge in [-0.05, 0) is 32.2 Å². The summed E-state index contributed by atoms with van der Waals surface area (Å²) in [6.07, 6.45) is 28.9. The molecule has 5 nitrogen and oxygen atoms in total. The van der Waals surface area contributed by atoms with E-state index in [-0.39, 0.29) is 12.2 Å². The first kappa shape index (κ1) is 42.5. The van der Waals surface area contributed by atoms with Crippen LogP contribution >= 0.6 is 21.6 Å². The maximum absolute atomic E-state index is 10.9. The molecule has 1 aliphatic heterocycles. The minimum atomic E-state index is -0.265. The largest absolute Gasteiger partial charge is 0.392 e. The van der Waals surface area contributed by atoms with Crippen LogP contribution < -0.4 is 5.32 Å². The minimum Gasteiger partial charge on any atom is -0.392 e. The van der Waals surface area contributed by atoms with Crippen molar-refractivity contribution in [3.8, 4) is 0 Å². The molecule has 1 fully saturated rings. The fourth-order valence-corrected chi connectivity index (χ4v) is 8.48. The summed E-state index contributed by atoms with van der Waals surface area (Å²) in [6.45, 7) is 12.9. The fraction of sp³-hybridized carbons (Fsp3) is 1.00. The first-order valence-corrected chi connectivity index (χ1v) is 21.9. The number of hydrogen-bond acceptors (Lipinski definition) is 7. The molecule has 2 atom stereocenters. The summed E-state index contributed by atoms with van der Waals surface area (Å²) >= 11 is 0. The number of unbranched alkanes of at least 4 members (excludes halogenated alkanes) is 18. The quantitative estimate of drug-likeness (QED) is 0.0470. The van der Waals surface area contributed by atoms with Gasteiger partial charge in [-0.2, -0.15) is 0 Å². The number of nitrogens with zero attached hydrogens (tertiary/aromatic N) is 2. The molecule has 0 aromatic carbocycles. The van der Waals surface area contributed by atoms with Crippen molar-refractivity contribution in [2.24, 2.45) is 0 Å². The summed E-state index contributed by atoms with van der Waals surface area (Å²) in [5, 5.41) is 25.2. The Hall–Kier alpha value is 0.500. The van der Waals surface area contributed by atoms with Crippen LogP contribution in [0.5, 0.6) is 0 Å². The lowest BCUT2D eigenvalue weighted by molar-refractivity contribution is 0.0599. The van der Waals surface area contributed by atoms with Gasteiger partial charge in [0.1, 0.15) is 0 Å². The van der Waals surface area contributed by atoms with Crippen LogP contribution in [0.2, 0.25) is 0 Å². The molecular formula is C37H77N3O2S2. The lowest BCUT2D eigenvalue weighted by Gasteiger charge is -2.27. The van der Waals surface area contributed by atoms with E-state index >= 15 is 0 Å². The van der Waals surface area contributed by atoms with Crippen molar-refractivity contribution in [1.29, 1.82) is 0 Å². The molecule has 44 heavy (non-hydrogen) atoms. The molecule has 0 bridgehead atoms. The first-order valence-electron chi connectivity index (χ1n) is 19.4. The van der Waals surface area contributed by atoms with E-state index in [9.17, 15) is 10.2 Å². The highest BCUT2D eigenvalue weighted by Gasteiger charge is 2.16. The lowest BCUT2D eigenvalue weighted by Crippen LogP contribution is -2.44. The van der Waals surface area contributed by atoms with E-state index in [2.05, 4.69) is 29.0 Å². The zero-order valence-corrected chi connectivity index (χ0v) is 31.2. The average Bonchev–Trinajstić information content (AvgIpc) is 3.02. The standard InChI is InChI=1S/C37H77N3O2S2/c1-3-5-7-9-11-13-15-17-19-21-25-37(42)35-40(34-36(41)24-20-18-16-14-12-10-8-6-4-2)28-22-23-32-43-44-33-31-39-29-26-38-27-30-39/h36-38,41-42H,3-35H2,1-2H3. The molecular weight excluding hydrogens is 583 g/mol. The molecule has 7 heteroatoms. The zero-order valence-electron chi connectivity index (χ0n) is 29.6. The van der Waals surface area contributed by atoms with Crippen LogP contribution in [-0.2, 0) is 0 Å². The second-order valence-electron chi connectivity index (χ2n) is 13.6. The third-order valence-corrected chi connectivity index (χ3v) is 11.7. The van der Waals surface area contributed by atoms with Crippen molar-refractivity contribution < 1.29 is 10.2 Å². The van der Waals surface area contributed by atoms with Gasteiger partial charge in [0.25, 0.3) is 0 Å². The van der Waals surface area contributed by atoms with Crippen LogP contribution in [-0.4, -0.2) is 96.1 Å². The van der Waals surface area contributed by atoms with Crippen LogP contribution in [0.3, 0.4) is 0 Å². The van der Waals surface area contributed by atoms with Crippen molar-refractivity contribution in [3.05, 3.63) is 0 Å². The predicted molar refractivity (Wildman–Crippen MR) is 200 cm³/mol. The number of aliphatic hydroxyl groups is 2. The van der Waals surface area contributed by atoms with Crippen LogP contribution in [0.1, 0.15) is 162 Å². The maximum atomic E-state index is 10.9. The van der Waals surface area contributed by atoms with Gasteiger partial charge in [-0.3, -0.25) is 9.80 Å². The minimum absolute atomic E-state index is 0.265. The SMILES string of the molecule is CCCCCCCCCCCCC(O)CN(CCCCSSCCN1CCNCC1)CC(O)CCCCCCCCCCC. The van der Waals surface area contributed by atoms with E-state index in [0.29, 0.717) is 0 Å². The molecule has 1 rings (SSSR count). The number of aliphatic hydroxyl groups excluding tert-OH is 2. The van der Waals surface area contributed by atoms with E-state index in [0.717, 1.165) is 64.8 Å².